The van der Waals surface area contributed by atoms with Crippen molar-refractivity contribution in [3.8, 4) is 0 Å². The highest BCUT2D eigenvalue weighted by atomic mass is 16.5. The van der Waals surface area contributed by atoms with Gasteiger partial charge in [0.1, 0.15) is 12.1 Å². The van der Waals surface area contributed by atoms with Crippen LogP contribution in [-0.2, 0) is 9.53 Å². The van der Waals surface area contributed by atoms with Crippen LogP contribution in [0.25, 0.3) is 0 Å². The molecule has 0 radical (unpaired) electrons. The van der Waals surface area contributed by atoms with Crippen molar-refractivity contribution in [1.82, 2.24) is 4.90 Å². The zero-order chi connectivity index (χ0) is 10.7. The molecule has 2 rings (SSSR count). The second kappa shape index (κ2) is 4.97. The lowest BCUT2D eigenvalue weighted by Gasteiger charge is -2.22. The maximum absolute atomic E-state index is 11.9. The minimum absolute atomic E-state index is 0.0289. The van der Waals surface area contributed by atoms with Crippen molar-refractivity contribution in [3.05, 3.63) is 0 Å². The van der Waals surface area contributed by atoms with Gasteiger partial charge in [-0.25, -0.2) is 0 Å². The number of ether oxygens (including phenoxy) is 1. The summed E-state index contributed by atoms with van der Waals surface area (Å²) >= 11 is 0. The SMILES string of the molecule is CCN1CCCC1C(=O)OC1CCCC1. The van der Waals surface area contributed by atoms with E-state index in [0.717, 1.165) is 38.8 Å². The van der Waals surface area contributed by atoms with Crippen LogP contribution in [0.1, 0.15) is 45.4 Å². The zero-order valence-corrected chi connectivity index (χ0v) is 9.58. The Morgan fingerprint density at radius 3 is 2.67 bits per heavy atom. The molecule has 3 heteroatoms. The molecule has 1 aliphatic carbocycles. The zero-order valence-electron chi connectivity index (χ0n) is 9.58. The van der Waals surface area contributed by atoms with Crippen LogP contribution in [-0.4, -0.2) is 36.1 Å². The molecule has 0 spiro atoms. The van der Waals surface area contributed by atoms with Gasteiger partial charge in [0.2, 0.25) is 0 Å². The lowest BCUT2D eigenvalue weighted by atomic mass is 10.2. The number of likely N-dealkylation sites (tertiary alicyclic amines) is 1. The molecule has 1 unspecified atom stereocenters. The Balaban J connectivity index is 1.83. The second-order valence-electron chi connectivity index (χ2n) is 4.63. The van der Waals surface area contributed by atoms with Crippen molar-refractivity contribution in [1.29, 1.82) is 0 Å². The maximum Gasteiger partial charge on any atom is 0.323 e. The summed E-state index contributed by atoms with van der Waals surface area (Å²) in [5, 5.41) is 0. The minimum Gasteiger partial charge on any atom is -0.461 e. The fraction of sp³-hybridized carbons (Fsp3) is 0.917. The fourth-order valence-electron chi connectivity index (χ4n) is 2.72. The fourth-order valence-corrected chi connectivity index (χ4v) is 2.72. The largest absolute Gasteiger partial charge is 0.461 e. The Kier molecular flexibility index (Phi) is 3.62. The second-order valence-corrected chi connectivity index (χ2v) is 4.63. The van der Waals surface area contributed by atoms with Gasteiger partial charge in [0.25, 0.3) is 0 Å². The van der Waals surface area contributed by atoms with E-state index in [1.54, 1.807) is 0 Å². The standard InChI is InChI=1S/C12H21NO2/c1-2-13-9-5-8-11(13)12(14)15-10-6-3-4-7-10/h10-11H,2-9H2,1H3. The third-order valence-corrected chi connectivity index (χ3v) is 3.63. The van der Waals surface area contributed by atoms with Crippen LogP contribution < -0.4 is 0 Å². The van der Waals surface area contributed by atoms with E-state index in [1.165, 1.54) is 12.8 Å². The van der Waals surface area contributed by atoms with E-state index >= 15 is 0 Å². The van der Waals surface area contributed by atoms with Crippen molar-refractivity contribution in [2.24, 2.45) is 0 Å². The normalized spacial score (nSPS) is 28.5. The molecule has 1 heterocycles. The third-order valence-electron chi connectivity index (χ3n) is 3.63. The van der Waals surface area contributed by atoms with Gasteiger partial charge < -0.3 is 4.74 Å². The van der Waals surface area contributed by atoms with Crippen LogP contribution in [0.2, 0.25) is 0 Å². The summed E-state index contributed by atoms with van der Waals surface area (Å²) in [7, 11) is 0. The van der Waals surface area contributed by atoms with E-state index in [-0.39, 0.29) is 18.1 Å². The van der Waals surface area contributed by atoms with Crippen molar-refractivity contribution in [2.75, 3.05) is 13.1 Å². The quantitative estimate of drug-likeness (QED) is 0.668. The molecule has 0 aromatic heterocycles. The number of hydrogen-bond acceptors (Lipinski definition) is 3. The summed E-state index contributed by atoms with van der Waals surface area (Å²) in [5.74, 6) is 0.0289. The Morgan fingerprint density at radius 2 is 2.00 bits per heavy atom. The van der Waals surface area contributed by atoms with Gasteiger partial charge in [0, 0.05) is 0 Å². The maximum atomic E-state index is 11.9. The van der Waals surface area contributed by atoms with Gasteiger partial charge in [-0.1, -0.05) is 6.92 Å². The molecular weight excluding hydrogens is 190 g/mol. The van der Waals surface area contributed by atoms with E-state index in [4.69, 9.17) is 4.74 Å². The van der Waals surface area contributed by atoms with Crippen molar-refractivity contribution >= 4 is 5.97 Å². The van der Waals surface area contributed by atoms with Crippen LogP contribution in [0.4, 0.5) is 0 Å². The predicted octanol–water partition coefficient (Wildman–Crippen LogP) is 1.96. The summed E-state index contributed by atoms with van der Waals surface area (Å²) in [5.41, 5.74) is 0. The topological polar surface area (TPSA) is 29.5 Å². The highest BCUT2D eigenvalue weighted by Gasteiger charge is 2.32. The van der Waals surface area contributed by atoms with E-state index in [1.807, 2.05) is 0 Å². The Labute approximate surface area is 91.8 Å². The molecule has 1 saturated heterocycles. The summed E-state index contributed by atoms with van der Waals surface area (Å²) in [6.45, 7) is 4.13. The number of rotatable bonds is 3. The highest BCUT2D eigenvalue weighted by molar-refractivity contribution is 5.76. The molecular formula is C12H21NO2. The van der Waals surface area contributed by atoms with Gasteiger partial charge >= 0.3 is 5.97 Å². The van der Waals surface area contributed by atoms with Crippen LogP contribution >= 0.6 is 0 Å². The molecule has 1 atom stereocenters. The number of esters is 1. The molecule has 1 aliphatic heterocycles. The van der Waals surface area contributed by atoms with Gasteiger partial charge in [-0.15, -0.1) is 0 Å². The summed E-state index contributed by atoms with van der Waals surface area (Å²) in [6, 6.07) is 0.0515. The first-order valence-corrected chi connectivity index (χ1v) is 6.26. The van der Waals surface area contributed by atoms with Crippen LogP contribution in [0, 0.1) is 0 Å². The number of likely N-dealkylation sites (N-methyl/N-ethyl adjacent to an activating group) is 1. The first-order chi connectivity index (χ1) is 7.31. The Hall–Kier alpha value is -0.570. The predicted molar refractivity (Wildman–Crippen MR) is 58.6 cm³/mol. The molecule has 0 N–H and O–H groups in total. The van der Waals surface area contributed by atoms with Crippen molar-refractivity contribution < 1.29 is 9.53 Å². The number of nitrogens with zero attached hydrogens (tertiary/aromatic N) is 1. The molecule has 15 heavy (non-hydrogen) atoms. The molecule has 86 valence electrons. The molecule has 2 aliphatic rings. The summed E-state index contributed by atoms with van der Waals surface area (Å²) in [6.07, 6.45) is 6.93. The summed E-state index contributed by atoms with van der Waals surface area (Å²) < 4.78 is 5.55. The molecule has 0 amide bonds. The average Bonchev–Trinajstić information content (AvgIpc) is 2.86. The van der Waals surface area contributed by atoms with Gasteiger partial charge in [-0.05, 0) is 51.6 Å². The summed E-state index contributed by atoms with van der Waals surface area (Å²) in [4.78, 5) is 14.1. The van der Waals surface area contributed by atoms with Crippen LogP contribution in [0.15, 0.2) is 0 Å². The molecule has 0 aromatic carbocycles. The van der Waals surface area contributed by atoms with Gasteiger partial charge in [-0.3, -0.25) is 9.69 Å². The average molecular weight is 211 g/mol. The molecule has 0 aromatic rings. The molecule has 2 fully saturated rings. The Morgan fingerprint density at radius 1 is 1.27 bits per heavy atom. The van der Waals surface area contributed by atoms with E-state index in [2.05, 4.69) is 11.8 Å². The smallest absolute Gasteiger partial charge is 0.323 e. The van der Waals surface area contributed by atoms with Crippen molar-refractivity contribution in [2.45, 2.75) is 57.6 Å². The van der Waals surface area contributed by atoms with E-state index < -0.39 is 0 Å². The lowest BCUT2D eigenvalue weighted by Crippen LogP contribution is -2.38. The minimum atomic E-state index is 0.0289. The van der Waals surface area contributed by atoms with Gasteiger partial charge in [0.05, 0.1) is 0 Å². The van der Waals surface area contributed by atoms with Crippen LogP contribution in [0.5, 0.6) is 0 Å². The van der Waals surface area contributed by atoms with E-state index in [9.17, 15) is 4.79 Å². The molecule has 0 bridgehead atoms. The lowest BCUT2D eigenvalue weighted by molar-refractivity contribution is -0.154. The van der Waals surface area contributed by atoms with Crippen molar-refractivity contribution in [3.63, 3.8) is 0 Å². The number of hydrogen-bond donors (Lipinski definition) is 0. The first kappa shape index (κ1) is 10.9. The number of carbonyl (C=O) groups is 1. The van der Waals surface area contributed by atoms with E-state index in [0.29, 0.717) is 0 Å². The molecule has 3 nitrogen and oxygen atoms in total. The third kappa shape index (κ3) is 2.51. The monoisotopic (exact) mass is 211 g/mol. The van der Waals surface area contributed by atoms with Gasteiger partial charge in [-0.2, -0.15) is 0 Å². The Bertz CT molecular complexity index is 224. The van der Waals surface area contributed by atoms with Gasteiger partial charge in [0.15, 0.2) is 0 Å². The van der Waals surface area contributed by atoms with Crippen LogP contribution in [0.3, 0.4) is 0 Å². The highest BCUT2D eigenvalue weighted by Crippen LogP contribution is 2.24. The number of carbonyl (C=O) groups excluding carboxylic acids is 1. The molecule has 1 saturated carbocycles. The first-order valence-electron chi connectivity index (χ1n) is 6.26.